The number of hydrogen-bond acceptors (Lipinski definition) is 3. The van der Waals surface area contributed by atoms with E-state index in [9.17, 15) is 13.0 Å². The van der Waals surface area contributed by atoms with Crippen LogP contribution in [0.5, 0.6) is 0 Å². The molecule has 2 aliphatic rings. The van der Waals surface area contributed by atoms with Crippen LogP contribution in [0.25, 0.3) is 10.8 Å². The molecule has 0 fully saturated rings. The summed E-state index contributed by atoms with van der Waals surface area (Å²) in [6.45, 7) is 7.47. The predicted molar refractivity (Wildman–Crippen MR) is 88.7 cm³/mol. The van der Waals surface area contributed by atoms with Crippen LogP contribution >= 0.6 is 0 Å². The Morgan fingerprint density at radius 2 is 1.96 bits per heavy atom. The second kappa shape index (κ2) is 4.42. The third kappa shape index (κ3) is 1.86. The van der Waals surface area contributed by atoms with Crippen molar-refractivity contribution in [1.82, 2.24) is 0 Å². The van der Waals surface area contributed by atoms with Gasteiger partial charge >= 0.3 is 0 Å². The average molecular weight is 329 g/mol. The van der Waals surface area contributed by atoms with Crippen molar-refractivity contribution in [2.75, 3.05) is 6.54 Å². The Hall–Kier alpha value is -1.72. The molecule has 0 radical (unpaired) electrons. The van der Waals surface area contributed by atoms with Crippen LogP contribution < -0.4 is 0 Å². The third-order valence-electron chi connectivity index (χ3n) is 5.55. The highest BCUT2D eigenvalue weighted by Crippen LogP contribution is 2.47. The summed E-state index contributed by atoms with van der Waals surface area (Å²) in [7, 11) is -4.49. The Kier molecular flexibility index (Phi) is 2.86. The van der Waals surface area contributed by atoms with E-state index in [2.05, 4.69) is 25.3 Å². The molecular formula is C18H19NO3S. The highest BCUT2D eigenvalue weighted by atomic mass is 32.2. The quantitative estimate of drug-likeness (QED) is 0.597. The summed E-state index contributed by atoms with van der Waals surface area (Å²) in [5.41, 5.74) is 4.68. The Morgan fingerprint density at radius 3 is 2.65 bits per heavy atom. The standard InChI is InChI=1S/C18H19NO3S/c1-11-18(2,3)15-10-14-12(6-4-8-16(14)23(20,21)22)13-7-5-9-19(11)17(13)15/h4,6,8,10H,5,7,9H2,1-3H3. The molecule has 23 heavy (non-hydrogen) atoms. The van der Waals surface area contributed by atoms with Gasteiger partial charge in [-0.1, -0.05) is 12.1 Å². The summed E-state index contributed by atoms with van der Waals surface area (Å²) in [6.07, 6.45) is 1.95. The fourth-order valence-corrected chi connectivity index (χ4v) is 4.79. The first kappa shape index (κ1) is 14.8. The van der Waals surface area contributed by atoms with E-state index in [4.69, 9.17) is 0 Å². The Balaban J connectivity index is 2.21. The molecule has 0 unspecified atom stereocenters. The Morgan fingerprint density at radius 1 is 1.22 bits per heavy atom. The van der Waals surface area contributed by atoms with E-state index in [1.165, 1.54) is 23.0 Å². The van der Waals surface area contributed by atoms with E-state index in [0.717, 1.165) is 30.3 Å². The molecule has 2 aromatic rings. The fourth-order valence-electron chi connectivity index (χ4n) is 4.11. The largest absolute Gasteiger partial charge is 0.744 e. The zero-order valence-corrected chi connectivity index (χ0v) is 14.3. The lowest BCUT2D eigenvalue weighted by atomic mass is 9.80. The second-order valence-electron chi connectivity index (χ2n) is 7.02. The van der Waals surface area contributed by atoms with Crippen LogP contribution in [-0.4, -0.2) is 29.8 Å². The predicted octanol–water partition coefficient (Wildman–Crippen LogP) is 3.09. The summed E-state index contributed by atoms with van der Waals surface area (Å²) in [4.78, 5) is -0.105. The maximum absolute atomic E-state index is 11.7. The maximum atomic E-state index is 11.7. The minimum absolute atomic E-state index is 0.105. The molecule has 0 N–H and O–H groups in total. The lowest BCUT2D eigenvalue weighted by molar-refractivity contribution is -0.444. The minimum atomic E-state index is -4.49. The van der Waals surface area contributed by atoms with E-state index in [1.807, 2.05) is 12.1 Å². The zero-order valence-electron chi connectivity index (χ0n) is 13.5. The van der Waals surface area contributed by atoms with Crippen molar-refractivity contribution in [3.8, 4) is 0 Å². The van der Waals surface area contributed by atoms with Gasteiger partial charge < -0.3 is 4.55 Å². The van der Waals surface area contributed by atoms with E-state index >= 15 is 0 Å². The number of fused-ring (bicyclic) bond motifs is 2. The number of benzene rings is 2. The van der Waals surface area contributed by atoms with E-state index in [-0.39, 0.29) is 10.3 Å². The normalized spacial score (nSPS) is 19.3. The van der Waals surface area contributed by atoms with Crippen molar-refractivity contribution in [2.24, 2.45) is 0 Å². The molecule has 0 atom stereocenters. The van der Waals surface area contributed by atoms with Crippen LogP contribution in [0.3, 0.4) is 0 Å². The van der Waals surface area contributed by atoms with Gasteiger partial charge in [0.1, 0.15) is 16.7 Å². The topological polar surface area (TPSA) is 60.2 Å². The van der Waals surface area contributed by atoms with Gasteiger partial charge in [0, 0.05) is 29.9 Å². The lowest BCUT2D eigenvalue weighted by Crippen LogP contribution is -2.27. The van der Waals surface area contributed by atoms with Crippen LogP contribution in [-0.2, 0) is 22.0 Å². The minimum Gasteiger partial charge on any atom is -0.744 e. The molecule has 0 saturated heterocycles. The van der Waals surface area contributed by atoms with Crippen LogP contribution in [0, 0.1) is 0 Å². The zero-order chi connectivity index (χ0) is 16.6. The van der Waals surface area contributed by atoms with Crippen molar-refractivity contribution >= 4 is 32.3 Å². The number of rotatable bonds is 1. The molecule has 0 spiro atoms. The lowest BCUT2D eigenvalue weighted by Gasteiger charge is -2.20. The number of nitrogens with zero attached hydrogens (tertiary/aromatic N) is 1. The second-order valence-corrected chi connectivity index (χ2v) is 8.37. The molecule has 5 heteroatoms. The third-order valence-corrected chi connectivity index (χ3v) is 6.45. The van der Waals surface area contributed by atoms with Crippen molar-refractivity contribution in [3.05, 3.63) is 35.4 Å². The number of hydrogen-bond donors (Lipinski definition) is 0. The van der Waals surface area contributed by atoms with Gasteiger partial charge in [-0.2, -0.15) is 4.58 Å². The first-order valence-electron chi connectivity index (χ1n) is 7.89. The fraction of sp³-hybridized carbons (Fsp3) is 0.389. The Labute approximate surface area is 136 Å². The summed E-state index contributed by atoms with van der Waals surface area (Å²) < 4.78 is 37.4. The Bertz CT molecular complexity index is 1000. The van der Waals surface area contributed by atoms with Crippen LogP contribution in [0.4, 0.5) is 5.69 Å². The van der Waals surface area contributed by atoms with Gasteiger partial charge in [0.05, 0.1) is 10.3 Å². The molecule has 2 aliphatic heterocycles. The summed E-state index contributed by atoms with van der Waals surface area (Å²) in [5.74, 6) is 0. The molecular weight excluding hydrogens is 310 g/mol. The smallest absolute Gasteiger partial charge is 0.213 e. The van der Waals surface area contributed by atoms with Gasteiger partial charge in [-0.05, 0) is 37.8 Å². The molecule has 0 amide bonds. The van der Waals surface area contributed by atoms with Crippen molar-refractivity contribution in [3.63, 3.8) is 0 Å². The van der Waals surface area contributed by atoms with Gasteiger partial charge in [0.25, 0.3) is 0 Å². The van der Waals surface area contributed by atoms with Crippen LogP contribution in [0.15, 0.2) is 29.2 Å². The molecule has 0 aromatic heterocycles. The highest BCUT2D eigenvalue weighted by molar-refractivity contribution is 7.86. The van der Waals surface area contributed by atoms with Crippen molar-refractivity contribution < 1.29 is 17.5 Å². The summed E-state index contributed by atoms with van der Waals surface area (Å²) in [5, 5.41) is 1.47. The molecule has 2 aromatic carbocycles. The summed E-state index contributed by atoms with van der Waals surface area (Å²) >= 11 is 0. The van der Waals surface area contributed by atoms with Crippen molar-refractivity contribution in [1.29, 1.82) is 0 Å². The molecule has 0 bridgehead atoms. The van der Waals surface area contributed by atoms with Gasteiger partial charge in [-0.15, -0.1) is 0 Å². The van der Waals surface area contributed by atoms with Gasteiger partial charge in [-0.25, -0.2) is 8.42 Å². The van der Waals surface area contributed by atoms with Crippen LogP contribution in [0.2, 0.25) is 0 Å². The summed E-state index contributed by atoms with van der Waals surface area (Å²) in [6, 6.07) is 6.95. The monoisotopic (exact) mass is 329 g/mol. The average Bonchev–Trinajstić information content (AvgIpc) is 2.69. The maximum Gasteiger partial charge on any atom is 0.213 e. The molecule has 4 rings (SSSR count). The van der Waals surface area contributed by atoms with Gasteiger partial charge in [-0.3, -0.25) is 0 Å². The SMILES string of the molecule is CC1=[N+]2CCCc3c2c(cc2c(S(=O)(=O)[O-])cccc32)C1(C)C. The first-order chi connectivity index (χ1) is 10.7. The van der Waals surface area contributed by atoms with Crippen molar-refractivity contribution in [2.45, 2.75) is 43.9 Å². The molecule has 0 saturated carbocycles. The first-order valence-corrected chi connectivity index (χ1v) is 9.30. The molecule has 4 nitrogen and oxygen atoms in total. The van der Waals surface area contributed by atoms with E-state index in [0.29, 0.717) is 5.39 Å². The van der Waals surface area contributed by atoms with E-state index in [1.54, 1.807) is 6.07 Å². The van der Waals surface area contributed by atoms with E-state index < -0.39 is 10.1 Å². The number of aryl methyl sites for hydroxylation is 1. The van der Waals surface area contributed by atoms with Gasteiger partial charge in [0.15, 0.2) is 5.71 Å². The molecule has 0 aliphatic carbocycles. The highest BCUT2D eigenvalue weighted by Gasteiger charge is 2.46. The molecule has 120 valence electrons. The van der Waals surface area contributed by atoms with Gasteiger partial charge in [0.2, 0.25) is 5.69 Å². The van der Waals surface area contributed by atoms with Crippen LogP contribution in [0.1, 0.15) is 38.3 Å². The molecule has 2 heterocycles.